The van der Waals surface area contributed by atoms with Crippen molar-refractivity contribution in [3.8, 4) is 0 Å². The van der Waals surface area contributed by atoms with Gasteiger partial charge in [0.15, 0.2) is 10.3 Å². The summed E-state index contributed by atoms with van der Waals surface area (Å²) in [7, 11) is -4.46. The number of aliphatic hydroxyl groups is 2. The molecule has 13 nitrogen and oxygen atoms in total. The minimum atomic E-state index is -4.46. The van der Waals surface area contributed by atoms with Crippen LogP contribution in [0, 0.1) is 4.64 Å². The van der Waals surface area contributed by atoms with Crippen molar-refractivity contribution < 1.29 is 43.0 Å². The molecule has 0 saturated carbocycles. The van der Waals surface area contributed by atoms with Crippen LogP contribution < -0.4 is 4.84 Å². The lowest BCUT2D eigenvalue weighted by molar-refractivity contribution is -0.168. The van der Waals surface area contributed by atoms with Crippen molar-refractivity contribution in [2.75, 3.05) is 25.6 Å². The summed E-state index contributed by atoms with van der Waals surface area (Å²) in [6.45, 7) is 6.47. The fourth-order valence-corrected chi connectivity index (χ4v) is 8.34. The average molecular weight is 779 g/mol. The molecule has 3 unspecified atom stereocenters. The zero-order valence-electron chi connectivity index (χ0n) is 30.9. The number of nitrogens with zero attached hydrogens (tertiary/aromatic N) is 3. The van der Waals surface area contributed by atoms with Crippen LogP contribution in [0.3, 0.4) is 0 Å². The van der Waals surface area contributed by atoms with Crippen molar-refractivity contribution >= 4 is 43.0 Å². The van der Waals surface area contributed by atoms with Gasteiger partial charge in [0.25, 0.3) is 6.29 Å². The molecule has 1 aliphatic rings. The topological polar surface area (TPSA) is 170 Å². The van der Waals surface area contributed by atoms with E-state index in [1.54, 1.807) is 0 Å². The van der Waals surface area contributed by atoms with E-state index in [-0.39, 0.29) is 17.4 Å². The summed E-state index contributed by atoms with van der Waals surface area (Å²) in [6.07, 6.45) is 18.5. The molecule has 1 aliphatic heterocycles. The van der Waals surface area contributed by atoms with Crippen LogP contribution in [0.2, 0.25) is 0 Å². The van der Waals surface area contributed by atoms with E-state index >= 15 is 0 Å². The maximum Gasteiger partial charge on any atom is 0.472 e. The molecule has 0 radical (unpaired) electrons. The molecule has 16 heteroatoms. The predicted octanol–water partition coefficient (Wildman–Crippen LogP) is 7.68. The Morgan fingerprint density at radius 1 is 0.922 bits per heavy atom. The van der Waals surface area contributed by atoms with Gasteiger partial charge in [-0.15, -0.1) is 0 Å². The Balaban J connectivity index is 1.32. The van der Waals surface area contributed by atoms with Gasteiger partial charge in [-0.1, -0.05) is 116 Å². The van der Waals surface area contributed by atoms with E-state index in [1.165, 1.54) is 114 Å². The lowest BCUT2D eigenvalue weighted by atomic mass is 10.1. The fraction of sp³-hybridized carbons (Fsp3) is 0.857. The Hall–Kier alpha value is -1.13. The van der Waals surface area contributed by atoms with Crippen LogP contribution in [0.1, 0.15) is 130 Å². The Labute approximate surface area is 313 Å². The Morgan fingerprint density at radius 2 is 1.57 bits per heavy atom. The second-order valence-corrected chi connectivity index (χ2v) is 16.6. The smallest absolute Gasteiger partial charge is 0.387 e. The first-order valence-corrected chi connectivity index (χ1v) is 22.1. The minimum absolute atomic E-state index is 0.0414. The first-order valence-electron chi connectivity index (χ1n) is 19.1. The number of rotatable bonds is 30. The summed E-state index contributed by atoms with van der Waals surface area (Å²) in [5, 5.41) is 21.3. The van der Waals surface area contributed by atoms with Gasteiger partial charge in [0.1, 0.15) is 30.2 Å². The molecule has 51 heavy (non-hydrogen) atoms. The quantitative estimate of drug-likeness (QED) is 0.0346. The van der Waals surface area contributed by atoms with Crippen LogP contribution in [0.25, 0.3) is 11.2 Å². The van der Waals surface area contributed by atoms with Crippen molar-refractivity contribution in [2.24, 2.45) is 0 Å². The molecule has 2 aromatic rings. The molecule has 4 N–H and O–H groups in total. The van der Waals surface area contributed by atoms with Crippen molar-refractivity contribution in [1.82, 2.24) is 19.7 Å². The molecule has 0 bridgehead atoms. The zero-order chi connectivity index (χ0) is 36.9. The number of aromatic amines is 1. The van der Waals surface area contributed by atoms with Crippen LogP contribution >= 0.6 is 31.8 Å². The van der Waals surface area contributed by atoms with Crippen LogP contribution in [0.5, 0.6) is 0 Å². The number of fused-ring (bicyclic) bond motifs is 1. The largest absolute Gasteiger partial charge is 0.472 e. The Kier molecular flexibility index (Phi) is 21.7. The van der Waals surface area contributed by atoms with Crippen LogP contribution in [0.15, 0.2) is 12.7 Å². The number of ether oxygens (including phenoxy) is 2. The highest BCUT2D eigenvalue weighted by molar-refractivity contribution is 7.99. The number of aliphatic hydroxyl groups excluding tert-OH is 2. The first kappa shape index (κ1) is 44.3. The second-order valence-electron chi connectivity index (χ2n) is 13.4. The first-order chi connectivity index (χ1) is 24.7. The summed E-state index contributed by atoms with van der Waals surface area (Å²) in [5.74, 6) is 1.15. The highest BCUT2D eigenvalue weighted by Crippen LogP contribution is 2.44. The summed E-state index contributed by atoms with van der Waals surface area (Å²) in [6, 6.07) is 0. The van der Waals surface area contributed by atoms with Crippen LogP contribution in [0.4, 0.5) is 0 Å². The Bertz CT molecular complexity index is 1320. The van der Waals surface area contributed by atoms with Gasteiger partial charge in [0.05, 0.1) is 25.6 Å². The summed E-state index contributed by atoms with van der Waals surface area (Å²) in [4.78, 5) is 26.8. The third-order valence-electron chi connectivity index (χ3n) is 9.13. The molecule has 1 saturated heterocycles. The molecule has 2 aromatic heterocycles. The number of nitrogens with one attached hydrogen (secondary N) is 1. The predicted molar refractivity (Wildman–Crippen MR) is 203 cm³/mol. The molecule has 0 spiro atoms. The molecule has 0 amide bonds. The zero-order valence-corrected chi connectivity index (χ0v) is 33.4. The number of hydrogen-bond acceptors (Lipinski definition) is 12. The lowest BCUT2D eigenvalue weighted by Crippen LogP contribution is -2.38. The number of imidazole rings is 1. The molecule has 1 fully saturated rings. The van der Waals surface area contributed by atoms with Crippen molar-refractivity contribution in [3.63, 3.8) is 0 Å². The number of unbranched alkanes of at least 4 members (excludes halogenated alkanes) is 13. The normalized spacial score (nSPS) is 21.6. The number of thioether (sulfide) groups is 1. The number of H-pyrrole nitrogens is 1. The molecular formula is C35H63N4O9PS2. The summed E-state index contributed by atoms with van der Waals surface area (Å²) in [5.41, 5.74) is 0.766. The van der Waals surface area contributed by atoms with Gasteiger partial charge in [-0.3, -0.25) is 9.05 Å². The molecule has 3 heterocycles. The Morgan fingerprint density at radius 3 is 2.25 bits per heavy atom. The second kappa shape index (κ2) is 25.0. The van der Waals surface area contributed by atoms with Gasteiger partial charge in [-0.05, 0) is 31.9 Å². The van der Waals surface area contributed by atoms with Gasteiger partial charge < -0.3 is 34.4 Å². The van der Waals surface area contributed by atoms with E-state index in [2.05, 4.69) is 35.7 Å². The third kappa shape index (κ3) is 16.4. The molecule has 0 aliphatic carbocycles. The number of phosphoric acid groups is 1. The van der Waals surface area contributed by atoms with Gasteiger partial charge in [-0.2, -0.15) is 16.5 Å². The van der Waals surface area contributed by atoms with E-state index < -0.39 is 39.0 Å². The van der Waals surface area contributed by atoms with Gasteiger partial charge in [0.2, 0.25) is 0 Å². The maximum absolute atomic E-state index is 12.6. The summed E-state index contributed by atoms with van der Waals surface area (Å²) >= 11 is 7.17. The molecule has 294 valence electrons. The summed E-state index contributed by atoms with van der Waals surface area (Å²) < 4.78 is 36.0. The lowest BCUT2D eigenvalue weighted by Gasteiger charge is -2.24. The van der Waals surface area contributed by atoms with Crippen LogP contribution in [-0.4, -0.2) is 96.3 Å². The van der Waals surface area contributed by atoms with Crippen molar-refractivity contribution in [1.29, 1.82) is 0 Å². The maximum atomic E-state index is 12.6. The highest BCUT2D eigenvalue weighted by atomic mass is 32.2. The number of phosphoric ester groups is 1. The number of hydrogen-bond donors (Lipinski definition) is 4. The van der Waals surface area contributed by atoms with Gasteiger partial charge in [0, 0.05) is 11.9 Å². The van der Waals surface area contributed by atoms with E-state index in [9.17, 15) is 19.7 Å². The van der Waals surface area contributed by atoms with Crippen LogP contribution in [-0.2, 0) is 23.1 Å². The molecule has 7 atom stereocenters. The SMILES string of the molecule is CCCCCCCCCCCCSC(CCCCCCC)C(C)OCCCOP(=O)(O)OC[C@H]1O[C@@H](On2cnc3c(=S)nc[nH]c32)[C@H](O)[C@@H]1O. The standard InChI is InChI=1S/C35H63N4O9PS2/c1-4-6-8-10-11-12-13-14-16-18-23-51-29(20-17-15-9-7-5-2)27(3)44-21-19-22-45-49(42,43)46-24-28-31(40)32(41)35(47-28)48-39-26-38-30-33(39)36-25-37-34(30)50/h25-29,31-32,35,40-41H,4-24H2,1-3H3,(H,42,43)(H,36,37,50)/t27?,28-,29?,31-,32-,35+/m1/s1. The third-order valence-corrected chi connectivity index (χ3v) is 12.0. The molecular weight excluding hydrogens is 716 g/mol. The van der Waals surface area contributed by atoms with E-state index in [1.807, 2.05) is 11.8 Å². The molecule has 3 rings (SSSR count). The monoisotopic (exact) mass is 778 g/mol. The van der Waals surface area contributed by atoms with Crippen molar-refractivity contribution in [2.45, 2.75) is 166 Å². The van der Waals surface area contributed by atoms with Gasteiger partial charge >= 0.3 is 7.82 Å². The minimum Gasteiger partial charge on any atom is -0.387 e. The van der Waals surface area contributed by atoms with Crippen molar-refractivity contribution in [3.05, 3.63) is 17.3 Å². The highest BCUT2D eigenvalue weighted by Gasteiger charge is 2.46. The average Bonchev–Trinajstić information content (AvgIpc) is 3.65. The van der Waals surface area contributed by atoms with E-state index in [0.29, 0.717) is 29.4 Å². The van der Waals surface area contributed by atoms with E-state index in [4.69, 9.17) is 35.6 Å². The molecule has 0 aromatic carbocycles. The number of aromatic nitrogens is 4. The fourth-order valence-electron chi connectivity index (χ4n) is 6.01. The van der Waals surface area contributed by atoms with Gasteiger partial charge in [-0.25, -0.2) is 14.5 Å². The van der Waals surface area contributed by atoms with E-state index in [0.717, 1.165) is 12.2 Å².